The first-order valence-electron chi connectivity index (χ1n) is 14.9. The van der Waals surface area contributed by atoms with Gasteiger partial charge >= 0.3 is 0 Å². The molecular formula is C31H53NO3. The summed E-state index contributed by atoms with van der Waals surface area (Å²) in [7, 11) is 0. The molecule has 2 N–H and O–H groups in total. The molecule has 0 heterocycles. The molecule has 35 heavy (non-hydrogen) atoms. The number of carbonyl (C=O) groups excluding carboxylic acids is 2. The summed E-state index contributed by atoms with van der Waals surface area (Å²) < 4.78 is 0. The van der Waals surface area contributed by atoms with Crippen LogP contribution in [0.5, 0.6) is 0 Å². The fraction of sp³-hybridized carbons (Fsp3) is 0.935. The SMILES string of the molecule is CC(C)(C)NC(=O)CCCCCCC[C@@H]1C[C@H]2CC(=O)CC[C@]2(C)[C@H]2CC[C@]3(C)[C@@H](O)CC[C@H]3[C@H]12. The van der Waals surface area contributed by atoms with Gasteiger partial charge in [-0.15, -0.1) is 0 Å². The zero-order valence-corrected chi connectivity index (χ0v) is 23.3. The Morgan fingerprint density at radius 2 is 1.66 bits per heavy atom. The van der Waals surface area contributed by atoms with Gasteiger partial charge in [0.15, 0.2) is 0 Å². The van der Waals surface area contributed by atoms with E-state index < -0.39 is 0 Å². The van der Waals surface area contributed by atoms with Crippen molar-refractivity contribution < 1.29 is 14.7 Å². The van der Waals surface area contributed by atoms with E-state index in [1.54, 1.807) is 0 Å². The van der Waals surface area contributed by atoms with Crippen molar-refractivity contribution in [1.29, 1.82) is 0 Å². The largest absolute Gasteiger partial charge is 0.393 e. The molecule has 0 aromatic rings. The summed E-state index contributed by atoms with van der Waals surface area (Å²) in [6.45, 7) is 11.0. The number of rotatable bonds is 8. The highest BCUT2D eigenvalue weighted by molar-refractivity contribution is 5.79. The average Bonchev–Trinajstić information content (AvgIpc) is 3.07. The first-order chi connectivity index (χ1) is 16.4. The van der Waals surface area contributed by atoms with Crippen LogP contribution in [0.1, 0.15) is 131 Å². The zero-order valence-electron chi connectivity index (χ0n) is 23.3. The van der Waals surface area contributed by atoms with E-state index in [1.165, 1.54) is 51.4 Å². The predicted octanol–water partition coefficient (Wildman–Crippen LogP) is 6.83. The molecule has 4 aliphatic carbocycles. The van der Waals surface area contributed by atoms with Crippen molar-refractivity contribution in [3.63, 3.8) is 0 Å². The number of fused-ring (bicyclic) bond motifs is 5. The van der Waals surface area contributed by atoms with Crippen molar-refractivity contribution in [3.05, 3.63) is 0 Å². The Hall–Kier alpha value is -0.900. The van der Waals surface area contributed by atoms with Crippen LogP contribution in [0, 0.1) is 40.4 Å². The van der Waals surface area contributed by atoms with Crippen LogP contribution in [0.25, 0.3) is 0 Å². The molecule has 0 unspecified atom stereocenters. The van der Waals surface area contributed by atoms with Crippen molar-refractivity contribution in [2.24, 2.45) is 40.4 Å². The first kappa shape index (κ1) is 27.1. The molecule has 0 bridgehead atoms. The van der Waals surface area contributed by atoms with E-state index in [4.69, 9.17) is 0 Å². The topological polar surface area (TPSA) is 66.4 Å². The Morgan fingerprint density at radius 3 is 2.40 bits per heavy atom. The molecule has 4 aliphatic rings. The molecule has 4 fully saturated rings. The van der Waals surface area contributed by atoms with Crippen LogP contribution in [0.15, 0.2) is 0 Å². The van der Waals surface area contributed by atoms with E-state index in [9.17, 15) is 14.7 Å². The molecule has 200 valence electrons. The lowest BCUT2D eigenvalue weighted by Gasteiger charge is -2.62. The number of aliphatic hydroxyl groups is 1. The van der Waals surface area contributed by atoms with Gasteiger partial charge in [0.1, 0.15) is 5.78 Å². The Kier molecular flexibility index (Phi) is 8.11. The van der Waals surface area contributed by atoms with Gasteiger partial charge in [0.2, 0.25) is 5.91 Å². The van der Waals surface area contributed by atoms with E-state index in [2.05, 4.69) is 19.2 Å². The average molecular weight is 488 g/mol. The van der Waals surface area contributed by atoms with Crippen molar-refractivity contribution in [2.75, 3.05) is 0 Å². The van der Waals surface area contributed by atoms with Crippen LogP contribution >= 0.6 is 0 Å². The van der Waals surface area contributed by atoms with E-state index in [0.717, 1.165) is 56.3 Å². The summed E-state index contributed by atoms with van der Waals surface area (Å²) in [5.74, 6) is 4.11. The van der Waals surface area contributed by atoms with E-state index in [1.807, 2.05) is 20.8 Å². The molecule has 0 aromatic heterocycles. The highest BCUT2D eigenvalue weighted by atomic mass is 16.3. The summed E-state index contributed by atoms with van der Waals surface area (Å²) in [5, 5.41) is 14.0. The van der Waals surface area contributed by atoms with Crippen molar-refractivity contribution >= 4 is 11.7 Å². The van der Waals surface area contributed by atoms with Crippen LogP contribution in [0.4, 0.5) is 0 Å². The Bertz CT molecular complexity index is 772. The van der Waals surface area contributed by atoms with Crippen LogP contribution in [0.2, 0.25) is 0 Å². The summed E-state index contributed by atoms with van der Waals surface area (Å²) >= 11 is 0. The lowest BCUT2D eigenvalue weighted by atomic mass is 9.42. The van der Waals surface area contributed by atoms with Crippen molar-refractivity contribution in [3.8, 4) is 0 Å². The predicted molar refractivity (Wildman–Crippen MR) is 142 cm³/mol. The third kappa shape index (κ3) is 5.68. The van der Waals surface area contributed by atoms with Crippen LogP contribution in [-0.4, -0.2) is 28.4 Å². The maximum atomic E-state index is 12.4. The summed E-state index contributed by atoms with van der Waals surface area (Å²) in [6.07, 6.45) is 16.2. The fourth-order valence-electron chi connectivity index (χ4n) is 9.19. The third-order valence-electron chi connectivity index (χ3n) is 11.1. The van der Waals surface area contributed by atoms with Crippen LogP contribution < -0.4 is 5.32 Å². The molecular weight excluding hydrogens is 434 g/mol. The van der Waals surface area contributed by atoms with Gasteiger partial charge in [-0.3, -0.25) is 9.59 Å². The Labute approximate surface area is 214 Å². The van der Waals surface area contributed by atoms with E-state index >= 15 is 0 Å². The van der Waals surface area contributed by atoms with Gasteiger partial charge < -0.3 is 10.4 Å². The number of unbranched alkanes of at least 4 members (excludes halogenated alkanes) is 4. The molecule has 0 saturated heterocycles. The number of carbonyl (C=O) groups is 2. The summed E-state index contributed by atoms with van der Waals surface area (Å²) in [6, 6.07) is 0. The molecule has 8 atom stereocenters. The second-order valence-corrected chi connectivity index (χ2v) is 14.5. The molecule has 4 heteroatoms. The van der Waals surface area contributed by atoms with Gasteiger partial charge in [-0.25, -0.2) is 0 Å². The number of hydrogen-bond acceptors (Lipinski definition) is 3. The molecule has 1 amide bonds. The molecule has 0 aliphatic heterocycles. The van der Waals surface area contributed by atoms with Crippen LogP contribution in [-0.2, 0) is 9.59 Å². The van der Waals surface area contributed by atoms with Gasteiger partial charge in [-0.1, -0.05) is 46.0 Å². The lowest BCUT2D eigenvalue weighted by Crippen LogP contribution is -2.57. The van der Waals surface area contributed by atoms with Crippen molar-refractivity contribution in [1.82, 2.24) is 5.32 Å². The molecule has 4 saturated carbocycles. The normalized spacial score (nSPS) is 41.1. The van der Waals surface area contributed by atoms with Gasteiger partial charge in [0.25, 0.3) is 0 Å². The molecule has 0 radical (unpaired) electrons. The highest BCUT2D eigenvalue weighted by Gasteiger charge is 2.62. The fourth-order valence-corrected chi connectivity index (χ4v) is 9.19. The first-order valence-corrected chi connectivity index (χ1v) is 14.9. The minimum absolute atomic E-state index is 0.112. The number of aliphatic hydroxyl groups excluding tert-OH is 1. The second kappa shape index (κ2) is 10.5. The molecule has 4 rings (SSSR count). The van der Waals surface area contributed by atoms with Crippen molar-refractivity contribution in [2.45, 2.75) is 143 Å². The number of amides is 1. The monoisotopic (exact) mass is 487 g/mol. The quantitative estimate of drug-likeness (QED) is 0.369. The summed E-state index contributed by atoms with van der Waals surface area (Å²) in [5.41, 5.74) is 0.302. The Morgan fingerprint density at radius 1 is 0.971 bits per heavy atom. The number of Topliss-reactive ketones (excluding diaryl/α,β-unsaturated/α-hetero) is 1. The molecule has 0 spiro atoms. The maximum Gasteiger partial charge on any atom is 0.220 e. The smallest absolute Gasteiger partial charge is 0.220 e. The van der Waals surface area contributed by atoms with E-state index in [-0.39, 0.29) is 23.0 Å². The summed E-state index contributed by atoms with van der Waals surface area (Å²) in [4.78, 5) is 24.5. The molecule has 4 nitrogen and oxygen atoms in total. The lowest BCUT2D eigenvalue weighted by molar-refractivity contribution is -0.156. The van der Waals surface area contributed by atoms with Gasteiger partial charge in [0, 0.05) is 24.8 Å². The minimum Gasteiger partial charge on any atom is -0.393 e. The van der Waals surface area contributed by atoms with Gasteiger partial charge in [-0.05, 0) is 106 Å². The number of ketones is 1. The Balaban J connectivity index is 1.33. The minimum atomic E-state index is -0.140. The molecule has 0 aromatic carbocycles. The number of hydrogen-bond donors (Lipinski definition) is 2. The second-order valence-electron chi connectivity index (χ2n) is 14.5. The van der Waals surface area contributed by atoms with E-state index in [0.29, 0.717) is 29.5 Å². The van der Waals surface area contributed by atoms with Gasteiger partial charge in [0.05, 0.1) is 6.10 Å². The number of nitrogens with one attached hydrogen (secondary N) is 1. The zero-order chi connectivity index (χ0) is 25.4. The maximum absolute atomic E-state index is 12.4. The van der Waals surface area contributed by atoms with Crippen LogP contribution in [0.3, 0.4) is 0 Å². The third-order valence-corrected chi connectivity index (χ3v) is 11.1. The van der Waals surface area contributed by atoms with Gasteiger partial charge in [-0.2, -0.15) is 0 Å². The highest BCUT2D eigenvalue weighted by Crippen LogP contribution is 2.67. The standard InChI is InChI=1S/C31H53NO3/c1-29(2,3)32-27(35)12-10-8-6-7-9-11-21-19-22-20-23(33)15-17-30(22,4)25-16-18-31(5)24(28(21)25)13-14-26(31)34/h21-22,24-26,28,34H,6-20H2,1-5H3,(H,32,35)/t21-,22+,24+,25+,26+,28+,30+,31+/m1/s1.